The van der Waals surface area contributed by atoms with Crippen LogP contribution in [0.1, 0.15) is 113 Å². The molecule has 0 saturated heterocycles. The summed E-state index contributed by atoms with van der Waals surface area (Å²) in [5.41, 5.74) is 0. The highest BCUT2D eigenvalue weighted by Crippen LogP contribution is 2.37. The van der Waals surface area contributed by atoms with E-state index >= 15 is 0 Å². The van der Waals surface area contributed by atoms with Gasteiger partial charge in [-0.3, -0.25) is 4.18 Å². The quantitative estimate of drug-likeness (QED) is 0.130. The maximum atomic E-state index is 11.0. The molecule has 0 N–H and O–H groups in total. The van der Waals surface area contributed by atoms with E-state index in [0.29, 0.717) is 23.5 Å². The van der Waals surface area contributed by atoms with Gasteiger partial charge in [0.1, 0.15) is 0 Å². The van der Waals surface area contributed by atoms with Crippen molar-refractivity contribution in [3.05, 3.63) is 0 Å². The van der Waals surface area contributed by atoms with Crippen LogP contribution in [0.15, 0.2) is 0 Å². The molecule has 4 atom stereocenters. The molecule has 0 radical (unpaired) electrons. The van der Waals surface area contributed by atoms with Gasteiger partial charge in [0, 0.05) is 6.61 Å². The summed E-state index contributed by atoms with van der Waals surface area (Å²) in [4.78, 5) is 0. The highest BCUT2D eigenvalue weighted by Gasteiger charge is 2.37. The van der Waals surface area contributed by atoms with E-state index in [2.05, 4.69) is 61.6 Å². The molecule has 0 unspecified atom stereocenters. The Kier molecular flexibility index (Phi) is 16.0. The molecule has 0 spiro atoms. The van der Waals surface area contributed by atoms with Gasteiger partial charge in [-0.25, -0.2) is 0 Å². The summed E-state index contributed by atoms with van der Waals surface area (Å²) < 4.78 is 33.3. The molecule has 0 aliphatic carbocycles. The Hall–Kier alpha value is 0.0869. The third-order valence-electron chi connectivity index (χ3n) is 7.62. The van der Waals surface area contributed by atoms with Gasteiger partial charge in [0.2, 0.25) is 0 Å². The van der Waals surface area contributed by atoms with Crippen molar-refractivity contribution in [2.45, 2.75) is 131 Å². The lowest BCUT2D eigenvalue weighted by Crippen LogP contribution is -2.41. The molecule has 0 fully saturated rings. The summed E-state index contributed by atoms with van der Waals surface area (Å²) >= 11 is 0. The third-order valence-corrected chi connectivity index (χ3v) is 12.7. The van der Waals surface area contributed by atoms with Gasteiger partial charge >= 0.3 is 0 Å². The van der Waals surface area contributed by atoms with E-state index in [9.17, 15) is 8.42 Å². The zero-order valence-electron chi connectivity index (χ0n) is 23.8. The van der Waals surface area contributed by atoms with Gasteiger partial charge in [0.25, 0.3) is 10.1 Å². The maximum absolute atomic E-state index is 11.0. The van der Waals surface area contributed by atoms with Crippen LogP contribution in [0.5, 0.6) is 0 Å². The minimum absolute atomic E-state index is 0.297. The van der Waals surface area contributed by atoms with Crippen LogP contribution >= 0.6 is 0 Å². The normalized spacial score (nSPS) is 17.0. The summed E-state index contributed by atoms with van der Waals surface area (Å²) in [6, 6.07) is 0. The summed E-state index contributed by atoms with van der Waals surface area (Å²) in [7, 11) is -4.91. The fourth-order valence-electron chi connectivity index (χ4n) is 3.93. The van der Waals surface area contributed by atoms with Gasteiger partial charge in [-0.15, -0.1) is 0 Å². The summed E-state index contributed by atoms with van der Waals surface area (Å²) in [5.74, 6) is 2.78. The molecular weight excluding hydrogens is 448 g/mol. The smallest absolute Gasteiger partial charge is 0.264 e. The highest BCUT2D eigenvalue weighted by atomic mass is 32.2. The summed E-state index contributed by atoms with van der Waals surface area (Å²) in [6.45, 7) is 22.2. The molecule has 0 bridgehead atoms. The van der Waals surface area contributed by atoms with Gasteiger partial charge in [0.05, 0.1) is 12.9 Å². The molecule has 0 aliphatic heterocycles. The van der Waals surface area contributed by atoms with Crippen LogP contribution in [0.2, 0.25) is 18.1 Å². The molecule has 0 aliphatic rings. The minimum atomic E-state index is -3.30. The summed E-state index contributed by atoms with van der Waals surface area (Å²) in [5, 5.41) is 0.297. The van der Waals surface area contributed by atoms with E-state index in [0.717, 1.165) is 37.5 Å². The van der Waals surface area contributed by atoms with Gasteiger partial charge in [0.15, 0.2) is 8.32 Å². The topological polar surface area (TPSA) is 52.6 Å². The second-order valence-electron chi connectivity index (χ2n) is 12.6. The Morgan fingerprint density at radius 3 is 1.42 bits per heavy atom. The van der Waals surface area contributed by atoms with Crippen LogP contribution in [-0.2, 0) is 18.7 Å². The molecule has 4 nitrogen and oxygen atoms in total. The van der Waals surface area contributed by atoms with E-state index in [1.807, 2.05) is 0 Å². The van der Waals surface area contributed by atoms with Gasteiger partial charge in [-0.2, -0.15) is 8.42 Å². The molecular formula is C27H58O4SSi. The van der Waals surface area contributed by atoms with Gasteiger partial charge in [-0.05, 0) is 54.6 Å². The predicted octanol–water partition coefficient (Wildman–Crippen LogP) is 8.43. The first kappa shape index (κ1) is 33.1. The Labute approximate surface area is 209 Å². The second-order valence-corrected chi connectivity index (χ2v) is 19.1. The third kappa shape index (κ3) is 18.1. The van der Waals surface area contributed by atoms with Crippen molar-refractivity contribution in [1.82, 2.24) is 0 Å². The van der Waals surface area contributed by atoms with Crippen molar-refractivity contribution in [2.24, 2.45) is 23.7 Å². The highest BCUT2D eigenvalue weighted by molar-refractivity contribution is 7.85. The SMILES string of the molecule is C[C@H](CCC[C@H](C)CCC[C@H](C)CO[Si](C)(C)C(C)(C)C)CCC[C@@H](C)CCOS(C)(=O)=O. The van der Waals surface area contributed by atoms with Crippen molar-refractivity contribution >= 4 is 18.4 Å². The zero-order valence-corrected chi connectivity index (χ0v) is 25.7. The van der Waals surface area contributed by atoms with E-state index in [-0.39, 0.29) is 0 Å². The van der Waals surface area contributed by atoms with Crippen molar-refractivity contribution in [1.29, 1.82) is 0 Å². The molecule has 0 heterocycles. The average molecular weight is 507 g/mol. The van der Waals surface area contributed by atoms with E-state index < -0.39 is 18.4 Å². The Morgan fingerprint density at radius 1 is 0.697 bits per heavy atom. The fraction of sp³-hybridized carbons (Fsp3) is 1.00. The average Bonchev–Trinajstić information content (AvgIpc) is 2.64. The first-order chi connectivity index (χ1) is 15.0. The first-order valence-corrected chi connectivity index (χ1v) is 18.2. The standard InChI is InChI=1S/C27H58O4SSi/c1-23(16-12-18-25(3)20-21-30-32(8,28)29)14-11-15-24(2)17-13-19-26(4)22-31-33(9,10)27(5,6)7/h23-26H,11-22H2,1-10H3/t23-,24+,25-,26+/m1/s1. The minimum Gasteiger partial charge on any atom is -0.417 e. The van der Waals surface area contributed by atoms with E-state index in [4.69, 9.17) is 8.61 Å². The maximum Gasteiger partial charge on any atom is 0.264 e. The summed E-state index contributed by atoms with van der Waals surface area (Å²) in [6.07, 6.45) is 13.5. The lowest BCUT2D eigenvalue weighted by Gasteiger charge is -2.37. The lowest BCUT2D eigenvalue weighted by molar-refractivity contribution is 0.226. The molecule has 200 valence electrons. The van der Waals surface area contributed by atoms with Crippen molar-refractivity contribution < 1.29 is 17.0 Å². The van der Waals surface area contributed by atoms with Crippen LogP contribution in [0.25, 0.3) is 0 Å². The van der Waals surface area contributed by atoms with Crippen LogP contribution in [0.3, 0.4) is 0 Å². The number of hydrogen-bond acceptors (Lipinski definition) is 4. The monoisotopic (exact) mass is 506 g/mol. The molecule has 0 aromatic rings. The van der Waals surface area contributed by atoms with Crippen molar-refractivity contribution in [3.8, 4) is 0 Å². The Morgan fingerprint density at radius 2 is 1.06 bits per heavy atom. The largest absolute Gasteiger partial charge is 0.417 e. The van der Waals surface area contributed by atoms with Crippen LogP contribution in [-0.4, -0.2) is 36.2 Å². The Balaban J connectivity index is 3.80. The predicted molar refractivity (Wildman–Crippen MR) is 147 cm³/mol. The lowest BCUT2D eigenvalue weighted by atomic mass is 9.91. The van der Waals surface area contributed by atoms with Crippen molar-refractivity contribution in [2.75, 3.05) is 19.5 Å². The molecule has 0 aromatic carbocycles. The van der Waals surface area contributed by atoms with Gasteiger partial charge in [-0.1, -0.05) is 99.8 Å². The molecule has 0 aromatic heterocycles. The molecule has 0 amide bonds. The molecule has 6 heteroatoms. The molecule has 0 saturated carbocycles. The number of hydrogen-bond donors (Lipinski definition) is 0. The Bertz CT molecular complexity index is 598. The van der Waals surface area contributed by atoms with Crippen LogP contribution in [0.4, 0.5) is 0 Å². The second kappa shape index (κ2) is 16.0. The van der Waals surface area contributed by atoms with Crippen LogP contribution < -0.4 is 0 Å². The number of rotatable bonds is 19. The van der Waals surface area contributed by atoms with Gasteiger partial charge < -0.3 is 4.43 Å². The first-order valence-electron chi connectivity index (χ1n) is 13.5. The molecule has 0 rings (SSSR count). The van der Waals surface area contributed by atoms with E-state index in [1.54, 1.807) is 0 Å². The fourth-order valence-corrected chi connectivity index (χ4v) is 5.46. The van der Waals surface area contributed by atoms with Crippen molar-refractivity contribution in [3.63, 3.8) is 0 Å². The van der Waals surface area contributed by atoms with Crippen LogP contribution in [0, 0.1) is 23.7 Å². The zero-order chi connectivity index (χ0) is 25.7. The van der Waals surface area contributed by atoms with E-state index in [1.165, 1.54) is 51.4 Å². The molecule has 33 heavy (non-hydrogen) atoms.